The molecule has 0 aliphatic rings. The fourth-order valence-electron chi connectivity index (χ4n) is 1.15. The molecule has 100 valence electrons. The van der Waals surface area contributed by atoms with Crippen LogP contribution in [0, 0.1) is 0 Å². The molecule has 2 aromatic rings. The van der Waals surface area contributed by atoms with Crippen molar-refractivity contribution in [1.29, 1.82) is 0 Å². The molecule has 2 rings (SSSR count). The first-order valence-corrected chi connectivity index (χ1v) is 5.95. The molecule has 4 nitrogen and oxygen atoms in total. The predicted octanol–water partition coefficient (Wildman–Crippen LogP) is 3.54. The number of carboxylic acid groups (broad SMARTS) is 1. The van der Waals surface area contributed by atoms with Crippen molar-refractivity contribution in [2.24, 2.45) is 0 Å². The second-order valence-corrected chi connectivity index (χ2v) is 4.36. The third-order valence-corrected chi connectivity index (χ3v) is 2.97. The van der Waals surface area contributed by atoms with Crippen LogP contribution >= 0.6 is 23.2 Å². The minimum absolute atomic E-state index is 0.259. The molecule has 0 spiro atoms. The van der Waals surface area contributed by atoms with Gasteiger partial charge in [0, 0.05) is 5.69 Å². The lowest BCUT2D eigenvalue weighted by molar-refractivity contribution is 0.0697. The van der Waals surface area contributed by atoms with Crippen LogP contribution in [0.1, 0.15) is 10.4 Å². The molecule has 0 aliphatic heterocycles. The minimum Gasteiger partial charge on any atom is -0.478 e. The Morgan fingerprint density at radius 2 is 1.58 bits per heavy atom. The van der Waals surface area contributed by atoms with Gasteiger partial charge in [-0.1, -0.05) is 29.3 Å². The third-order valence-electron chi connectivity index (χ3n) is 2.14. The van der Waals surface area contributed by atoms with E-state index in [2.05, 4.69) is 0 Å². The largest absolute Gasteiger partial charge is 0.478 e. The van der Waals surface area contributed by atoms with Crippen LogP contribution in [0.25, 0.3) is 0 Å². The van der Waals surface area contributed by atoms with Gasteiger partial charge >= 0.3 is 5.97 Å². The minimum atomic E-state index is -0.931. The summed E-state index contributed by atoms with van der Waals surface area (Å²) in [6, 6.07) is 11.2. The van der Waals surface area contributed by atoms with E-state index in [1.165, 1.54) is 12.1 Å². The van der Waals surface area contributed by atoms with Crippen molar-refractivity contribution in [1.82, 2.24) is 0 Å². The zero-order chi connectivity index (χ0) is 14.4. The van der Waals surface area contributed by atoms with Crippen LogP contribution in [0.3, 0.4) is 0 Å². The molecule has 0 saturated heterocycles. The quantitative estimate of drug-likeness (QED) is 0.702. The molecule has 0 aliphatic carbocycles. The molecule has 0 radical (unpaired) electrons. The lowest BCUT2D eigenvalue weighted by Gasteiger charge is -1.96. The van der Waals surface area contributed by atoms with Crippen molar-refractivity contribution in [2.75, 3.05) is 11.5 Å². The average molecular weight is 299 g/mol. The highest BCUT2D eigenvalue weighted by Gasteiger charge is 1.99. The SMILES string of the molecule is Nc1ccc(C(=O)O)cc1.Nc1cccc(Cl)c1Cl. The number of benzene rings is 2. The summed E-state index contributed by atoms with van der Waals surface area (Å²) in [5.41, 5.74) is 12.1. The predicted molar refractivity (Wildman–Crippen MR) is 78.7 cm³/mol. The molecule has 0 bridgehead atoms. The van der Waals surface area contributed by atoms with Crippen molar-refractivity contribution in [3.63, 3.8) is 0 Å². The Morgan fingerprint density at radius 3 is 2.00 bits per heavy atom. The van der Waals surface area contributed by atoms with Gasteiger partial charge in [0.15, 0.2) is 0 Å². The summed E-state index contributed by atoms with van der Waals surface area (Å²) in [6.45, 7) is 0. The number of hydrogen-bond donors (Lipinski definition) is 3. The van der Waals surface area contributed by atoms with Crippen LogP contribution in [0.4, 0.5) is 11.4 Å². The Balaban J connectivity index is 0.000000191. The van der Waals surface area contributed by atoms with E-state index in [-0.39, 0.29) is 5.56 Å². The Hall–Kier alpha value is -1.91. The van der Waals surface area contributed by atoms with E-state index in [0.29, 0.717) is 21.4 Å². The smallest absolute Gasteiger partial charge is 0.335 e. The average Bonchev–Trinajstić information content (AvgIpc) is 2.37. The summed E-state index contributed by atoms with van der Waals surface area (Å²) in [4.78, 5) is 10.3. The number of hydrogen-bond acceptors (Lipinski definition) is 3. The van der Waals surface area contributed by atoms with Crippen molar-refractivity contribution in [2.45, 2.75) is 0 Å². The fourth-order valence-corrected chi connectivity index (χ4v) is 1.45. The van der Waals surface area contributed by atoms with Crippen LogP contribution in [-0.2, 0) is 0 Å². The normalized spacial score (nSPS) is 9.37. The van der Waals surface area contributed by atoms with E-state index in [0.717, 1.165) is 0 Å². The number of nitrogens with two attached hydrogens (primary N) is 2. The molecule has 0 aromatic heterocycles. The summed E-state index contributed by atoms with van der Waals surface area (Å²) in [6.07, 6.45) is 0. The summed E-state index contributed by atoms with van der Waals surface area (Å²) < 4.78 is 0. The second-order valence-electron chi connectivity index (χ2n) is 3.57. The lowest BCUT2D eigenvalue weighted by atomic mass is 10.2. The van der Waals surface area contributed by atoms with Crippen molar-refractivity contribution < 1.29 is 9.90 Å². The summed E-state index contributed by atoms with van der Waals surface area (Å²) in [5.74, 6) is -0.931. The Bertz CT molecular complexity index is 551. The van der Waals surface area contributed by atoms with Crippen molar-refractivity contribution in [3.8, 4) is 0 Å². The Labute approximate surface area is 120 Å². The number of nitrogen functional groups attached to an aromatic ring is 2. The van der Waals surface area contributed by atoms with Crippen molar-refractivity contribution >= 4 is 40.5 Å². The fraction of sp³-hybridized carbons (Fsp3) is 0. The van der Waals surface area contributed by atoms with Gasteiger partial charge in [0.1, 0.15) is 0 Å². The molecule has 0 atom stereocenters. The topological polar surface area (TPSA) is 89.3 Å². The maximum Gasteiger partial charge on any atom is 0.335 e. The van der Waals surface area contributed by atoms with Crippen LogP contribution in [0.5, 0.6) is 0 Å². The van der Waals surface area contributed by atoms with Crippen LogP contribution in [0.15, 0.2) is 42.5 Å². The number of aromatic carboxylic acids is 1. The maximum absolute atomic E-state index is 10.3. The number of rotatable bonds is 1. The highest BCUT2D eigenvalue weighted by Crippen LogP contribution is 2.26. The van der Waals surface area contributed by atoms with Crippen molar-refractivity contribution in [3.05, 3.63) is 58.1 Å². The van der Waals surface area contributed by atoms with E-state index in [9.17, 15) is 4.79 Å². The van der Waals surface area contributed by atoms with E-state index in [1.807, 2.05) is 0 Å². The Kier molecular flexibility index (Phi) is 5.48. The second kappa shape index (κ2) is 6.87. The van der Waals surface area contributed by atoms with E-state index in [1.54, 1.807) is 30.3 Å². The van der Waals surface area contributed by atoms with Crippen LogP contribution in [-0.4, -0.2) is 11.1 Å². The lowest BCUT2D eigenvalue weighted by Crippen LogP contribution is -1.95. The van der Waals surface area contributed by atoms with Gasteiger partial charge in [0.05, 0.1) is 21.3 Å². The number of halogens is 2. The van der Waals surface area contributed by atoms with E-state index >= 15 is 0 Å². The third kappa shape index (κ3) is 4.69. The van der Waals surface area contributed by atoms with Gasteiger partial charge in [-0.2, -0.15) is 0 Å². The zero-order valence-corrected chi connectivity index (χ0v) is 11.3. The molecule has 0 unspecified atom stereocenters. The maximum atomic E-state index is 10.3. The molecular formula is C13H12Cl2N2O2. The first-order chi connectivity index (χ1) is 8.91. The summed E-state index contributed by atoms with van der Waals surface area (Å²) in [7, 11) is 0. The molecule has 0 amide bonds. The molecule has 19 heavy (non-hydrogen) atoms. The molecule has 0 fully saturated rings. The molecular weight excluding hydrogens is 287 g/mol. The number of carbonyl (C=O) groups is 1. The zero-order valence-electron chi connectivity index (χ0n) is 9.81. The molecule has 5 N–H and O–H groups in total. The molecule has 0 saturated carbocycles. The van der Waals surface area contributed by atoms with Crippen LogP contribution < -0.4 is 11.5 Å². The first-order valence-electron chi connectivity index (χ1n) is 5.20. The van der Waals surface area contributed by atoms with Gasteiger partial charge in [-0.15, -0.1) is 0 Å². The van der Waals surface area contributed by atoms with Gasteiger partial charge in [0.25, 0.3) is 0 Å². The van der Waals surface area contributed by atoms with Gasteiger partial charge < -0.3 is 16.6 Å². The molecule has 6 heteroatoms. The van der Waals surface area contributed by atoms with E-state index in [4.69, 9.17) is 39.8 Å². The molecule has 0 heterocycles. The number of carboxylic acids is 1. The summed E-state index contributed by atoms with van der Waals surface area (Å²) in [5, 5.41) is 9.36. The first kappa shape index (κ1) is 15.1. The van der Waals surface area contributed by atoms with E-state index < -0.39 is 5.97 Å². The van der Waals surface area contributed by atoms with Gasteiger partial charge in [-0.3, -0.25) is 0 Å². The molecule has 2 aromatic carbocycles. The highest BCUT2D eigenvalue weighted by atomic mass is 35.5. The standard InChI is InChI=1S/C7H7NO2.C6H5Cl2N/c8-6-3-1-5(2-4-6)7(9)10;7-4-2-1-3-5(9)6(4)8/h1-4H,8H2,(H,9,10);1-3H,9H2. The van der Waals surface area contributed by atoms with Gasteiger partial charge in [-0.25, -0.2) is 4.79 Å². The number of anilines is 2. The summed E-state index contributed by atoms with van der Waals surface area (Å²) >= 11 is 11.2. The van der Waals surface area contributed by atoms with Gasteiger partial charge in [-0.05, 0) is 36.4 Å². The van der Waals surface area contributed by atoms with Gasteiger partial charge in [0.2, 0.25) is 0 Å². The Morgan fingerprint density at radius 1 is 1.00 bits per heavy atom. The highest BCUT2D eigenvalue weighted by molar-refractivity contribution is 6.43. The van der Waals surface area contributed by atoms with Crippen LogP contribution in [0.2, 0.25) is 10.0 Å². The monoisotopic (exact) mass is 298 g/mol.